The average Bonchev–Trinajstić information content (AvgIpc) is 2.69. The third kappa shape index (κ3) is 2.61. The van der Waals surface area contributed by atoms with E-state index in [9.17, 15) is 0 Å². The van der Waals surface area contributed by atoms with Crippen LogP contribution in [0, 0.1) is 6.92 Å². The number of rotatable bonds is 3. The van der Waals surface area contributed by atoms with Crippen LogP contribution in [0.15, 0.2) is 6.08 Å². The van der Waals surface area contributed by atoms with Gasteiger partial charge in [0.05, 0.1) is 23.8 Å². The van der Waals surface area contributed by atoms with E-state index in [0.29, 0.717) is 6.54 Å². The lowest BCUT2D eigenvalue weighted by Crippen LogP contribution is -2.36. The van der Waals surface area contributed by atoms with Crippen molar-refractivity contribution >= 4 is 22.5 Å². The molecule has 16 heavy (non-hydrogen) atoms. The van der Waals surface area contributed by atoms with Crippen LogP contribution in [0.1, 0.15) is 10.6 Å². The molecule has 1 aliphatic rings. The predicted molar refractivity (Wildman–Crippen MR) is 68.0 cm³/mol. The van der Waals surface area contributed by atoms with Crippen LogP contribution in [-0.4, -0.2) is 37.8 Å². The number of aryl methyl sites for hydroxylation is 1. The quantitative estimate of drug-likeness (QED) is 0.863. The lowest BCUT2D eigenvalue weighted by molar-refractivity contribution is 0.122. The predicted octanol–water partition coefficient (Wildman–Crippen LogP) is 1.26. The van der Waals surface area contributed by atoms with E-state index in [0.717, 1.165) is 37.1 Å². The number of nitrogens with zero attached hydrogens (tertiary/aromatic N) is 2. The Hall–Kier alpha value is -0.910. The first-order valence-electron chi connectivity index (χ1n) is 5.48. The van der Waals surface area contributed by atoms with E-state index in [-0.39, 0.29) is 0 Å². The molecule has 0 atom stereocenters. The van der Waals surface area contributed by atoms with Gasteiger partial charge >= 0.3 is 0 Å². The van der Waals surface area contributed by atoms with Crippen LogP contribution in [0.3, 0.4) is 0 Å². The summed E-state index contributed by atoms with van der Waals surface area (Å²) in [6, 6.07) is 0. The van der Waals surface area contributed by atoms with Gasteiger partial charge in [0.2, 0.25) is 0 Å². The summed E-state index contributed by atoms with van der Waals surface area (Å²) in [6.07, 6.45) is 4.01. The standard InChI is InChI=1S/C11H17N3OS/c1-9-10(3-2-4-12)16-11(13-9)14-5-7-15-8-6-14/h2-3H,4-8,12H2,1H3. The van der Waals surface area contributed by atoms with Crippen LogP contribution in [0.5, 0.6) is 0 Å². The minimum Gasteiger partial charge on any atom is -0.378 e. The SMILES string of the molecule is Cc1nc(N2CCOCC2)sc1C=CCN. The first-order valence-corrected chi connectivity index (χ1v) is 6.29. The second-order valence-corrected chi connectivity index (χ2v) is 4.69. The van der Waals surface area contributed by atoms with Crippen molar-refractivity contribution < 1.29 is 4.74 Å². The van der Waals surface area contributed by atoms with Gasteiger partial charge in [-0.05, 0) is 13.0 Å². The Balaban J connectivity index is 2.12. The molecule has 1 aliphatic heterocycles. The van der Waals surface area contributed by atoms with Crippen LogP contribution < -0.4 is 10.6 Å². The fraction of sp³-hybridized carbons (Fsp3) is 0.545. The van der Waals surface area contributed by atoms with Crippen LogP contribution in [0.25, 0.3) is 6.08 Å². The molecule has 0 amide bonds. The molecule has 1 aromatic rings. The van der Waals surface area contributed by atoms with Crippen LogP contribution >= 0.6 is 11.3 Å². The second kappa shape index (κ2) is 5.43. The Morgan fingerprint density at radius 2 is 2.25 bits per heavy atom. The number of nitrogens with two attached hydrogens (primary N) is 1. The minimum atomic E-state index is 0.574. The molecule has 0 aliphatic carbocycles. The van der Waals surface area contributed by atoms with E-state index in [1.54, 1.807) is 11.3 Å². The van der Waals surface area contributed by atoms with Gasteiger partial charge < -0.3 is 15.4 Å². The molecule has 4 nitrogen and oxygen atoms in total. The molecule has 5 heteroatoms. The Labute approximate surface area is 99.7 Å². The third-order valence-corrected chi connectivity index (χ3v) is 3.69. The first kappa shape index (κ1) is 11.6. The van der Waals surface area contributed by atoms with Crippen LogP contribution in [0.2, 0.25) is 0 Å². The summed E-state index contributed by atoms with van der Waals surface area (Å²) in [7, 11) is 0. The van der Waals surface area contributed by atoms with Gasteiger partial charge in [0.15, 0.2) is 5.13 Å². The molecule has 0 saturated carbocycles. The number of hydrogen-bond acceptors (Lipinski definition) is 5. The van der Waals surface area contributed by atoms with Gasteiger partial charge in [-0.1, -0.05) is 17.4 Å². The fourth-order valence-electron chi connectivity index (χ4n) is 1.61. The Bertz CT molecular complexity index is 369. The number of hydrogen-bond donors (Lipinski definition) is 1. The molecule has 2 N–H and O–H groups in total. The van der Waals surface area contributed by atoms with Crippen molar-refractivity contribution in [1.29, 1.82) is 0 Å². The van der Waals surface area contributed by atoms with Gasteiger partial charge in [-0.3, -0.25) is 0 Å². The number of thiazole rings is 1. The Kier molecular flexibility index (Phi) is 3.93. The highest BCUT2D eigenvalue weighted by Gasteiger charge is 2.15. The molecule has 1 saturated heterocycles. The molecule has 0 unspecified atom stereocenters. The first-order chi connectivity index (χ1) is 7.81. The molecule has 0 radical (unpaired) electrons. The van der Waals surface area contributed by atoms with E-state index in [4.69, 9.17) is 10.5 Å². The highest BCUT2D eigenvalue weighted by atomic mass is 32.1. The maximum absolute atomic E-state index is 5.45. The maximum Gasteiger partial charge on any atom is 0.186 e. The second-order valence-electron chi connectivity index (χ2n) is 3.68. The van der Waals surface area contributed by atoms with Gasteiger partial charge in [-0.2, -0.15) is 0 Å². The lowest BCUT2D eigenvalue weighted by Gasteiger charge is -2.25. The number of anilines is 1. The number of ether oxygens (including phenoxy) is 1. The maximum atomic E-state index is 5.45. The monoisotopic (exact) mass is 239 g/mol. The normalized spacial score (nSPS) is 17.2. The minimum absolute atomic E-state index is 0.574. The van der Waals surface area contributed by atoms with Crippen molar-refractivity contribution in [2.24, 2.45) is 5.73 Å². The lowest BCUT2D eigenvalue weighted by atomic mass is 10.3. The van der Waals surface area contributed by atoms with Gasteiger partial charge in [0, 0.05) is 19.6 Å². The molecule has 88 valence electrons. The van der Waals surface area contributed by atoms with Crippen LogP contribution in [0.4, 0.5) is 5.13 Å². The molecular formula is C11H17N3OS. The van der Waals surface area contributed by atoms with E-state index in [2.05, 4.69) is 16.0 Å². The summed E-state index contributed by atoms with van der Waals surface area (Å²) in [5.74, 6) is 0. The van der Waals surface area contributed by atoms with Crippen LogP contribution in [-0.2, 0) is 4.74 Å². The summed E-state index contributed by atoms with van der Waals surface area (Å²) < 4.78 is 5.33. The van der Waals surface area contributed by atoms with Crippen molar-refractivity contribution in [1.82, 2.24) is 4.98 Å². The summed E-state index contributed by atoms with van der Waals surface area (Å²) in [5, 5.41) is 1.09. The summed E-state index contributed by atoms with van der Waals surface area (Å²) in [5.41, 5.74) is 6.53. The molecule has 0 bridgehead atoms. The largest absolute Gasteiger partial charge is 0.378 e. The smallest absolute Gasteiger partial charge is 0.186 e. The molecule has 1 aromatic heterocycles. The van der Waals surface area contributed by atoms with Crippen molar-refractivity contribution in [2.45, 2.75) is 6.92 Å². The topological polar surface area (TPSA) is 51.4 Å². The molecule has 2 rings (SSSR count). The van der Waals surface area contributed by atoms with Crippen molar-refractivity contribution in [3.63, 3.8) is 0 Å². The zero-order chi connectivity index (χ0) is 11.4. The van der Waals surface area contributed by atoms with E-state index < -0.39 is 0 Å². The van der Waals surface area contributed by atoms with Crippen molar-refractivity contribution in [3.8, 4) is 0 Å². The summed E-state index contributed by atoms with van der Waals surface area (Å²) in [6.45, 7) is 6.08. The van der Waals surface area contributed by atoms with Gasteiger partial charge in [-0.15, -0.1) is 0 Å². The highest BCUT2D eigenvalue weighted by molar-refractivity contribution is 7.16. The van der Waals surface area contributed by atoms with Crippen molar-refractivity contribution in [2.75, 3.05) is 37.7 Å². The average molecular weight is 239 g/mol. The van der Waals surface area contributed by atoms with Gasteiger partial charge in [0.1, 0.15) is 0 Å². The Morgan fingerprint density at radius 3 is 2.94 bits per heavy atom. The third-order valence-electron chi connectivity index (χ3n) is 2.51. The zero-order valence-electron chi connectivity index (χ0n) is 9.48. The van der Waals surface area contributed by atoms with E-state index >= 15 is 0 Å². The van der Waals surface area contributed by atoms with Crippen molar-refractivity contribution in [3.05, 3.63) is 16.6 Å². The van der Waals surface area contributed by atoms with E-state index in [1.165, 1.54) is 4.88 Å². The zero-order valence-corrected chi connectivity index (χ0v) is 10.3. The number of aromatic nitrogens is 1. The Morgan fingerprint density at radius 1 is 1.50 bits per heavy atom. The number of morpholine rings is 1. The van der Waals surface area contributed by atoms with Gasteiger partial charge in [-0.25, -0.2) is 4.98 Å². The van der Waals surface area contributed by atoms with Gasteiger partial charge in [0.25, 0.3) is 0 Å². The molecule has 0 spiro atoms. The molecule has 1 fully saturated rings. The highest BCUT2D eigenvalue weighted by Crippen LogP contribution is 2.27. The summed E-state index contributed by atoms with van der Waals surface area (Å²) >= 11 is 1.72. The molecule has 0 aromatic carbocycles. The summed E-state index contributed by atoms with van der Waals surface area (Å²) in [4.78, 5) is 8.06. The fourth-order valence-corrected chi connectivity index (χ4v) is 2.66. The van der Waals surface area contributed by atoms with E-state index in [1.807, 2.05) is 13.0 Å². The molecule has 2 heterocycles. The molecular weight excluding hydrogens is 222 g/mol.